The molecule has 4 atom stereocenters. The van der Waals surface area contributed by atoms with E-state index in [-0.39, 0.29) is 16.2 Å². The summed E-state index contributed by atoms with van der Waals surface area (Å²) in [4.78, 5) is 0. The number of aliphatic hydroxyl groups is 2. The van der Waals surface area contributed by atoms with Crippen LogP contribution in [0.3, 0.4) is 0 Å². The van der Waals surface area contributed by atoms with Crippen LogP contribution in [0.25, 0.3) is 0 Å². The molecule has 2 heterocycles. The Morgan fingerprint density at radius 3 is 2.00 bits per heavy atom. The predicted octanol–water partition coefficient (Wildman–Crippen LogP) is 1.52. The van der Waals surface area contributed by atoms with Crippen molar-refractivity contribution in [3.63, 3.8) is 0 Å². The molecule has 112 valence electrons. The van der Waals surface area contributed by atoms with Gasteiger partial charge in [0.25, 0.3) is 0 Å². The predicted molar refractivity (Wildman–Crippen MR) is 72.9 cm³/mol. The molecule has 0 aromatic carbocycles. The van der Waals surface area contributed by atoms with Crippen molar-refractivity contribution >= 4 is 8.56 Å². The minimum absolute atomic E-state index is 0.135. The molecule has 0 bridgehead atoms. The summed E-state index contributed by atoms with van der Waals surface area (Å²) in [6.07, 6.45) is -3.04. The van der Waals surface area contributed by atoms with Crippen LogP contribution in [0.15, 0.2) is 0 Å². The van der Waals surface area contributed by atoms with Crippen LogP contribution in [0.5, 0.6) is 0 Å². The van der Waals surface area contributed by atoms with Gasteiger partial charge in [-0.25, -0.2) is 0 Å². The molecule has 0 aliphatic carbocycles. The maximum Gasteiger partial charge on any atom is 0.349 e. The monoisotopic (exact) mass is 290 g/mol. The van der Waals surface area contributed by atoms with Crippen LogP contribution in [0.1, 0.15) is 41.5 Å². The summed E-state index contributed by atoms with van der Waals surface area (Å²) < 4.78 is 17.7. The first kappa shape index (κ1) is 15.4. The Labute approximate surface area is 116 Å². The van der Waals surface area contributed by atoms with Gasteiger partial charge in [0, 0.05) is 10.1 Å². The van der Waals surface area contributed by atoms with Gasteiger partial charge in [0.1, 0.15) is 18.3 Å². The van der Waals surface area contributed by atoms with Gasteiger partial charge < -0.3 is 23.8 Å². The fraction of sp³-hybridized carbons (Fsp3) is 1.00. The van der Waals surface area contributed by atoms with E-state index in [1.807, 2.05) is 0 Å². The van der Waals surface area contributed by atoms with Gasteiger partial charge in [0.2, 0.25) is 0 Å². The maximum absolute atomic E-state index is 10.0. The Morgan fingerprint density at radius 1 is 1.00 bits per heavy atom. The number of ether oxygens (including phenoxy) is 1. The lowest BCUT2D eigenvalue weighted by Gasteiger charge is -2.53. The number of fused-ring (bicyclic) bond motifs is 1. The molecule has 0 amide bonds. The van der Waals surface area contributed by atoms with Gasteiger partial charge in [-0.15, -0.1) is 0 Å². The van der Waals surface area contributed by atoms with Crippen molar-refractivity contribution in [1.82, 2.24) is 0 Å². The second kappa shape index (κ2) is 4.51. The van der Waals surface area contributed by atoms with E-state index >= 15 is 0 Å². The molecule has 2 aliphatic heterocycles. The molecule has 0 aromatic heterocycles. The Bertz CT molecular complexity index is 332. The summed E-state index contributed by atoms with van der Waals surface area (Å²) >= 11 is 0. The van der Waals surface area contributed by atoms with E-state index in [0.29, 0.717) is 6.61 Å². The van der Waals surface area contributed by atoms with Crippen molar-refractivity contribution in [2.75, 3.05) is 6.61 Å². The summed E-state index contributed by atoms with van der Waals surface area (Å²) in [7, 11) is -2.59. The zero-order valence-electron chi connectivity index (χ0n) is 12.6. The average Bonchev–Trinajstić information content (AvgIpc) is 2.51. The first-order chi connectivity index (χ1) is 8.49. The van der Waals surface area contributed by atoms with E-state index in [1.165, 1.54) is 0 Å². The Hall–Kier alpha value is 0.0169. The van der Waals surface area contributed by atoms with E-state index in [4.69, 9.17) is 13.6 Å². The fourth-order valence-corrected chi connectivity index (χ4v) is 8.30. The van der Waals surface area contributed by atoms with E-state index in [0.717, 1.165) is 0 Å². The SMILES string of the molecule is CC(C)(C)[Si]1(C(C)(C)C)OC[C@H]2O[C@@H](O)[C@H](O)[C@@H]2O1. The van der Waals surface area contributed by atoms with Crippen molar-refractivity contribution in [3.05, 3.63) is 0 Å². The van der Waals surface area contributed by atoms with E-state index in [1.54, 1.807) is 0 Å². The molecule has 0 unspecified atom stereocenters. The molecular weight excluding hydrogens is 264 g/mol. The lowest BCUT2D eigenvalue weighted by molar-refractivity contribution is -0.134. The van der Waals surface area contributed by atoms with Crippen molar-refractivity contribution in [2.24, 2.45) is 0 Å². The van der Waals surface area contributed by atoms with Gasteiger partial charge in [-0.05, 0) is 0 Å². The van der Waals surface area contributed by atoms with Crippen LogP contribution in [-0.2, 0) is 13.6 Å². The maximum atomic E-state index is 10.0. The van der Waals surface area contributed by atoms with Crippen molar-refractivity contribution < 1.29 is 23.8 Å². The van der Waals surface area contributed by atoms with Crippen LogP contribution < -0.4 is 0 Å². The van der Waals surface area contributed by atoms with Gasteiger partial charge in [-0.2, -0.15) is 0 Å². The van der Waals surface area contributed by atoms with Gasteiger partial charge in [0.05, 0.1) is 6.61 Å². The topological polar surface area (TPSA) is 68.2 Å². The highest BCUT2D eigenvalue weighted by Gasteiger charge is 2.64. The number of hydrogen-bond donors (Lipinski definition) is 2. The van der Waals surface area contributed by atoms with Crippen LogP contribution in [0.4, 0.5) is 0 Å². The molecule has 2 N–H and O–H groups in total. The zero-order chi connectivity index (χ0) is 14.6. The normalized spacial score (nSPS) is 39.2. The molecule has 19 heavy (non-hydrogen) atoms. The summed E-state index contributed by atoms with van der Waals surface area (Å²) in [5.41, 5.74) is 0. The fourth-order valence-electron chi connectivity index (χ4n) is 3.34. The van der Waals surface area contributed by atoms with Crippen LogP contribution in [0.2, 0.25) is 10.1 Å². The van der Waals surface area contributed by atoms with Crippen LogP contribution in [-0.4, -0.2) is 50.0 Å². The van der Waals surface area contributed by atoms with Crippen molar-refractivity contribution in [1.29, 1.82) is 0 Å². The zero-order valence-corrected chi connectivity index (χ0v) is 13.6. The second-order valence-corrected chi connectivity index (χ2v) is 12.3. The first-order valence-electron chi connectivity index (χ1n) is 6.83. The first-order valence-corrected chi connectivity index (χ1v) is 8.65. The molecule has 0 aromatic rings. The molecule has 2 rings (SSSR count). The summed E-state index contributed by atoms with van der Waals surface area (Å²) in [5.74, 6) is 0. The highest BCUT2D eigenvalue weighted by atomic mass is 28.4. The van der Waals surface area contributed by atoms with Gasteiger partial charge in [0.15, 0.2) is 6.29 Å². The van der Waals surface area contributed by atoms with Crippen LogP contribution >= 0.6 is 0 Å². The second-order valence-electron chi connectivity index (χ2n) is 7.57. The van der Waals surface area contributed by atoms with Crippen molar-refractivity contribution in [3.8, 4) is 0 Å². The molecular formula is C13H26O5Si. The lowest BCUT2D eigenvalue weighted by Crippen LogP contribution is -2.65. The van der Waals surface area contributed by atoms with Crippen LogP contribution in [0, 0.1) is 0 Å². The minimum Gasteiger partial charge on any atom is -0.391 e. The third kappa shape index (κ3) is 2.28. The Morgan fingerprint density at radius 2 is 1.53 bits per heavy atom. The third-order valence-electron chi connectivity index (χ3n) is 4.04. The van der Waals surface area contributed by atoms with E-state index in [2.05, 4.69) is 41.5 Å². The molecule has 0 radical (unpaired) electrons. The minimum atomic E-state index is -2.59. The summed E-state index contributed by atoms with van der Waals surface area (Å²) in [5, 5.41) is 19.4. The van der Waals surface area contributed by atoms with Gasteiger partial charge >= 0.3 is 8.56 Å². The number of hydrogen-bond acceptors (Lipinski definition) is 5. The smallest absolute Gasteiger partial charge is 0.349 e. The highest BCUT2D eigenvalue weighted by molar-refractivity contribution is 6.73. The Balaban J connectivity index is 2.34. The molecule has 2 saturated heterocycles. The number of aliphatic hydroxyl groups excluding tert-OH is 2. The van der Waals surface area contributed by atoms with Crippen molar-refractivity contribution in [2.45, 2.75) is 76.2 Å². The van der Waals surface area contributed by atoms with E-state index < -0.39 is 27.1 Å². The molecule has 0 saturated carbocycles. The number of rotatable bonds is 0. The largest absolute Gasteiger partial charge is 0.391 e. The Kier molecular flexibility index (Phi) is 3.66. The molecule has 6 heteroatoms. The molecule has 0 spiro atoms. The average molecular weight is 290 g/mol. The van der Waals surface area contributed by atoms with E-state index in [9.17, 15) is 10.2 Å². The molecule has 2 aliphatic rings. The standard InChI is InChI=1S/C13H26O5Si/c1-12(2,3)19(13(4,5)6)16-7-8-10(18-19)9(14)11(15)17-8/h8-11,14-15H,7H2,1-6H3/t8-,9-,10-,11-/m1/s1. The lowest BCUT2D eigenvalue weighted by atomic mass is 10.1. The highest BCUT2D eigenvalue weighted by Crippen LogP contribution is 2.55. The quantitative estimate of drug-likeness (QED) is 0.662. The van der Waals surface area contributed by atoms with Gasteiger partial charge in [-0.1, -0.05) is 41.5 Å². The molecule has 2 fully saturated rings. The molecule has 5 nitrogen and oxygen atoms in total. The third-order valence-corrected chi connectivity index (χ3v) is 9.16. The summed E-state index contributed by atoms with van der Waals surface area (Å²) in [6, 6.07) is 0. The van der Waals surface area contributed by atoms with Gasteiger partial charge in [-0.3, -0.25) is 0 Å². The summed E-state index contributed by atoms with van der Waals surface area (Å²) in [6.45, 7) is 13.1.